The molecule has 0 aliphatic heterocycles. The number of nitrogens with one attached hydrogen (secondary N) is 2. The number of likely N-dealkylation sites (N-methyl/N-ethyl adjacent to an activating group) is 1. The van der Waals surface area contributed by atoms with Crippen LogP contribution in [0.2, 0.25) is 0 Å². The Bertz CT molecular complexity index is 434. The van der Waals surface area contributed by atoms with Crippen LogP contribution in [0.25, 0.3) is 0 Å². The van der Waals surface area contributed by atoms with Crippen LogP contribution in [0.5, 0.6) is 0 Å². The van der Waals surface area contributed by atoms with Crippen LogP contribution >= 0.6 is 0 Å². The third kappa shape index (κ3) is 7.14. The highest BCUT2D eigenvalue weighted by molar-refractivity contribution is 5.79. The van der Waals surface area contributed by atoms with E-state index in [1.807, 2.05) is 7.05 Å². The van der Waals surface area contributed by atoms with Gasteiger partial charge in [-0.1, -0.05) is 36.2 Å². The molecule has 0 aliphatic rings. The molecule has 1 rings (SSSR count). The summed E-state index contributed by atoms with van der Waals surface area (Å²) in [7, 11) is 3.94. The predicted octanol–water partition coefficient (Wildman–Crippen LogP) is 1.96. The molecular weight excluding hydrogens is 260 g/mol. The van der Waals surface area contributed by atoms with E-state index in [4.69, 9.17) is 0 Å². The van der Waals surface area contributed by atoms with Crippen LogP contribution in [0.4, 0.5) is 0 Å². The van der Waals surface area contributed by atoms with Gasteiger partial charge in [0.05, 0.1) is 0 Å². The molecule has 2 N–H and O–H groups in total. The fraction of sp³-hybridized carbons (Fsp3) is 0.588. The van der Waals surface area contributed by atoms with Crippen LogP contribution in [0.1, 0.15) is 23.6 Å². The van der Waals surface area contributed by atoms with Crippen LogP contribution in [0, 0.1) is 13.8 Å². The van der Waals surface area contributed by atoms with Gasteiger partial charge in [-0.3, -0.25) is 4.99 Å². The first-order valence-corrected chi connectivity index (χ1v) is 7.75. The molecule has 0 bridgehead atoms. The number of hydrogen-bond donors (Lipinski definition) is 2. The summed E-state index contributed by atoms with van der Waals surface area (Å²) < 4.78 is 0. The quantitative estimate of drug-likeness (QED) is 0.596. The highest BCUT2D eigenvalue weighted by Crippen LogP contribution is 2.08. The van der Waals surface area contributed by atoms with Gasteiger partial charge in [0.25, 0.3) is 0 Å². The third-order valence-corrected chi connectivity index (χ3v) is 3.54. The van der Waals surface area contributed by atoms with E-state index in [1.54, 1.807) is 0 Å². The first-order valence-electron chi connectivity index (χ1n) is 7.75. The second-order valence-corrected chi connectivity index (χ2v) is 5.57. The third-order valence-electron chi connectivity index (χ3n) is 3.54. The van der Waals surface area contributed by atoms with E-state index in [0.717, 1.165) is 38.6 Å². The van der Waals surface area contributed by atoms with Crippen molar-refractivity contribution < 1.29 is 0 Å². The lowest BCUT2D eigenvalue weighted by molar-refractivity contribution is 0.357. The molecule has 21 heavy (non-hydrogen) atoms. The largest absolute Gasteiger partial charge is 0.356 e. The average Bonchev–Trinajstić information content (AvgIpc) is 2.44. The van der Waals surface area contributed by atoms with Crippen molar-refractivity contribution >= 4 is 5.96 Å². The summed E-state index contributed by atoms with van der Waals surface area (Å²) in [4.78, 5) is 6.53. The van der Waals surface area contributed by atoms with E-state index >= 15 is 0 Å². The molecule has 4 heteroatoms. The SMILES string of the molecule is CCN(C)CCNC(=NC)NCCc1cc(C)cc(C)c1. The lowest BCUT2D eigenvalue weighted by Gasteiger charge is -2.16. The maximum Gasteiger partial charge on any atom is 0.191 e. The fourth-order valence-corrected chi connectivity index (χ4v) is 2.28. The molecule has 1 aromatic carbocycles. The predicted molar refractivity (Wildman–Crippen MR) is 92.2 cm³/mol. The topological polar surface area (TPSA) is 39.7 Å². The monoisotopic (exact) mass is 290 g/mol. The summed E-state index contributed by atoms with van der Waals surface area (Å²) in [6.45, 7) is 10.4. The Hall–Kier alpha value is -1.55. The van der Waals surface area contributed by atoms with Crippen LogP contribution in [-0.4, -0.2) is 51.1 Å². The zero-order valence-corrected chi connectivity index (χ0v) is 14.2. The van der Waals surface area contributed by atoms with Gasteiger partial charge in [-0.05, 0) is 39.4 Å². The molecule has 0 saturated carbocycles. The van der Waals surface area contributed by atoms with Gasteiger partial charge in [0.1, 0.15) is 0 Å². The van der Waals surface area contributed by atoms with Gasteiger partial charge in [0, 0.05) is 26.7 Å². The van der Waals surface area contributed by atoms with Crippen molar-refractivity contribution in [2.24, 2.45) is 4.99 Å². The average molecular weight is 290 g/mol. The molecule has 0 heterocycles. The van der Waals surface area contributed by atoms with Crippen molar-refractivity contribution in [1.82, 2.24) is 15.5 Å². The molecule has 0 aromatic heterocycles. The van der Waals surface area contributed by atoms with Crippen LogP contribution in [0.3, 0.4) is 0 Å². The van der Waals surface area contributed by atoms with Gasteiger partial charge in [0.15, 0.2) is 5.96 Å². The van der Waals surface area contributed by atoms with Gasteiger partial charge < -0.3 is 15.5 Å². The van der Waals surface area contributed by atoms with Gasteiger partial charge in [-0.2, -0.15) is 0 Å². The minimum Gasteiger partial charge on any atom is -0.356 e. The van der Waals surface area contributed by atoms with E-state index < -0.39 is 0 Å². The molecule has 0 spiro atoms. The lowest BCUT2D eigenvalue weighted by Crippen LogP contribution is -2.41. The lowest BCUT2D eigenvalue weighted by atomic mass is 10.1. The highest BCUT2D eigenvalue weighted by atomic mass is 15.2. The van der Waals surface area contributed by atoms with Crippen molar-refractivity contribution in [3.8, 4) is 0 Å². The first kappa shape index (κ1) is 17.5. The summed E-state index contributed by atoms with van der Waals surface area (Å²) in [6.07, 6.45) is 1.01. The standard InChI is InChI=1S/C17H30N4/c1-6-21(5)10-9-20-17(18-4)19-8-7-16-12-14(2)11-15(3)13-16/h11-13H,6-10H2,1-5H3,(H2,18,19,20). The number of aliphatic imine (C=N–C) groups is 1. The first-order chi connectivity index (χ1) is 10.0. The summed E-state index contributed by atoms with van der Waals surface area (Å²) >= 11 is 0. The molecule has 118 valence electrons. The molecule has 0 saturated heterocycles. The number of aryl methyl sites for hydroxylation is 2. The van der Waals surface area contributed by atoms with Crippen LogP contribution in [0.15, 0.2) is 23.2 Å². The number of nitrogens with zero attached hydrogens (tertiary/aromatic N) is 2. The number of hydrogen-bond acceptors (Lipinski definition) is 2. The van der Waals surface area contributed by atoms with E-state index in [0.29, 0.717) is 0 Å². The molecule has 0 radical (unpaired) electrons. The highest BCUT2D eigenvalue weighted by Gasteiger charge is 2.00. The fourth-order valence-electron chi connectivity index (χ4n) is 2.28. The Morgan fingerprint density at radius 2 is 1.71 bits per heavy atom. The minimum absolute atomic E-state index is 0.879. The van der Waals surface area contributed by atoms with E-state index in [1.165, 1.54) is 16.7 Å². The van der Waals surface area contributed by atoms with Crippen molar-refractivity contribution in [2.75, 3.05) is 40.3 Å². The molecule has 0 fully saturated rings. The molecular formula is C17H30N4. The van der Waals surface area contributed by atoms with E-state index in [2.05, 4.69) is 66.5 Å². The summed E-state index contributed by atoms with van der Waals surface area (Å²) in [5, 5.41) is 6.71. The number of rotatable bonds is 7. The minimum atomic E-state index is 0.879. The normalized spacial score (nSPS) is 11.8. The zero-order valence-electron chi connectivity index (χ0n) is 14.2. The van der Waals surface area contributed by atoms with E-state index in [-0.39, 0.29) is 0 Å². The maximum absolute atomic E-state index is 4.25. The Labute approximate surface area is 129 Å². The second-order valence-electron chi connectivity index (χ2n) is 5.57. The van der Waals surface area contributed by atoms with Crippen molar-refractivity contribution in [3.63, 3.8) is 0 Å². The van der Waals surface area contributed by atoms with Crippen LogP contribution in [-0.2, 0) is 6.42 Å². The van der Waals surface area contributed by atoms with Crippen molar-refractivity contribution in [2.45, 2.75) is 27.2 Å². The molecule has 1 aromatic rings. The van der Waals surface area contributed by atoms with Crippen molar-refractivity contribution in [1.29, 1.82) is 0 Å². The number of benzene rings is 1. The van der Waals surface area contributed by atoms with Gasteiger partial charge >= 0.3 is 0 Å². The summed E-state index contributed by atoms with van der Waals surface area (Å²) in [5.41, 5.74) is 4.03. The molecule has 0 amide bonds. The number of guanidine groups is 1. The Kier molecular flexibility index (Phi) is 7.83. The second kappa shape index (κ2) is 9.40. The van der Waals surface area contributed by atoms with E-state index in [9.17, 15) is 0 Å². The zero-order chi connectivity index (χ0) is 15.7. The Balaban J connectivity index is 2.32. The summed E-state index contributed by atoms with van der Waals surface area (Å²) in [6, 6.07) is 6.71. The molecule has 0 atom stereocenters. The van der Waals surface area contributed by atoms with Gasteiger partial charge in [0.2, 0.25) is 0 Å². The molecule has 4 nitrogen and oxygen atoms in total. The Morgan fingerprint density at radius 3 is 2.29 bits per heavy atom. The van der Waals surface area contributed by atoms with Gasteiger partial charge in [-0.25, -0.2) is 0 Å². The summed E-state index contributed by atoms with van der Waals surface area (Å²) in [5.74, 6) is 0.879. The Morgan fingerprint density at radius 1 is 1.10 bits per heavy atom. The maximum atomic E-state index is 4.25. The van der Waals surface area contributed by atoms with Crippen LogP contribution < -0.4 is 10.6 Å². The molecule has 0 unspecified atom stereocenters. The molecule has 0 aliphatic carbocycles. The van der Waals surface area contributed by atoms with Crippen molar-refractivity contribution in [3.05, 3.63) is 34.9 Å². The smallest absolute Gasteiger partial charge is 0.191 e. The van der Waals surface area contributed by atoms with Gasteiger partial charge in [-0.15, -0.1) is 0 Å².